The maximum atomic E-state index is 10.1. The molecule has 0 radical (unpaired) electrons. The van der Waals surface area contributed by atoms with Crippen LogP contribution in [0.15, 0.2) is 0 Å². The van der Waals surface area contributed by atoms with E-state index in [4.69, 9.17) is 15.3 Å². The molecule has 0 unspecified atom stereocenters. The van der Waals surface area contributed by atoms with E-state index in [1.807, 2.05) is 0 Å². The molecule has 0 aromatic heterocycles. The number of aliphatic carboxylic acids is 15. The van der Waals surface area contributed by atoms with E-state index in [2.05, 4.69) is 0 Å². The van der Waals surface area contributed by atoms with E-state index >= 15 is 0 Å². The molecule has 0 atom stereocenters. The zero-order valence-corrected chi connectivity index (χ0v) is 53.4. The van der Waals surface area contributed by atoms with Crippen molar-refractivity contribution < 1.29 is 397 Å². The number of aliphatic hydroxyl groups is 3. The van der Waals surface area contributed by atoms with Crippen molar-refractivity contribution in [2.45, 2.75) is 93.9 Å². The summed E-state index contributed by atoms with van der Waals surface area (Å²) in [5.74, 6) is -26.2. The quantitative estimate of drug-likeness (QED) is 0.0756. The summed E-state index contributed by atoms with van der Waals surface area (Å²) in [7, 11) is 0. The molecule has 0 aliphatic heterocycles. The van der Waals surface area contributed by atoms with Crippen LogP contribution < -0.4 is 224 Å². The van der Waals surface area contributed by atoms with Crippen molar-refractivity contribution in [2.24, 2.45) is 0 Å². The molecule has 0 saturated carbocycles. The fourth-order valence-corrected chi connectivity index (χ4v) is 2.67. The second-order valence-electron chi connectivity index (χ2n) is 11.0. The monoisotopic (exact) mass is 1310 g/mol. The van der Waals surface area contributed by atoms with Crippen LogP contribution in [0.25, 0.3) is 0 Å². The average Bonchev–Trinajstić information content (AvgIpc) is 3.04. The molecule has 0 bridgehead atoms. The Balaban J connectivity index is -0.0000000376. The van der Waals surface area contributed by atoms with Crippen molar-refractivity contribution in [3.8, 4) is 0 Å². The summed E-state index contributed by atoms with van der Waals surface area (Å²) in [4.78, 5) is 147. The second kappa shape index (κ2) is 64.1. The summed E-state index contributed by atoms with van der Waals surface area (Å²) >= 11 is 0. The van der Waals surface area contributed by atoms with E-state index in [1.54, 1.807) is 0 Å². The standard InChI is InChI=1S/3C6H8O7.3C4H6O4.5Fe.5Na/c3*7-3(8)1-6(13,5(11)12)2-4(9)10;3*5-3(6)1-2-4(7)8;;;;;;;;;;/h3*13H,1-2H2,(H,7,8)(H,9,10)(H,11,12);3*1-2H2,(H,5,6)(H,7,8);;;;;;;;;;/q;;;;;;5*+2;5*+1/p-15. The molecule has 73 heavy (non-hydrogen) atoms. The van der Waals surface area contributed by atoms with Crippen LogP contribution in [-0.2, 0) is 157 Å². The summed E-state index contributed by atoms with van der Waals surface area (Å²) in [6, 6.07) is 0. The average molecular weight is 1310 g/mol. The molecule has 0 heterocycles. The molecule has 0 aliphatic carbocycles. The zero-order chi connectivity index (χ0) is 51.6. The van der Waals surface area contributed by atoms with Crippen molar-refractivity contribution >= 4 is 89.5 Å². The van der Waals surface area contributed by atoms with Crippen LogP contribution in [0.2, 0.25) is 0 Å². The minimum absolute atomic E-state index is 0. The Morgan fingerprint density at radius 1 is 0.219 bits per heavy atom. The Bertz CT molecular complexity index is 1430. The SMILES string of the molecule is O=C([O-])CC(O)(CC(=O)[O-])C(=O)[O-].O=C([O-])CC(O)(CC(=O)[O-])C(=O)[O-].O=C([O-])CC(O)(CC(=O)[O-])C(=O)[O-].O=C([O-])CCC(=O)[O-].O=C([O-])CCC(=O)[O-].O=C([O-])CCC(=O)[O-].[Fe+2].[Fe+2].[Fe+2].[Fe+2].[Fe+2].[Na+].[Na+].[Na+].[Na+].[Na+]. The molecule has 0 aliphatic rings. The van der Waals surface area contributed by atoms with Gasteiger partial charge in [-0.2, -0.15) is 0 Å². The summed E-state index contributed by atoms with van der Waals surface area (Å²) < 4.78 is 0. The van der Waals surface area contributed by atoms with Gasteiger partial charge in [0, 0.05) is 110 Å². The number of hydrogen-bond donors (Lipinski definition) is 3. The largest absolute Gasteiger partial charge is 2.00 e. The van der Waals surface area contributed by atoms with E-state index in [1.165, 1.54) is 0 Å². The number of hydrogen-bond acceptors (Lipinski definition) is 33. The minimum Gasteiger partial charge on any atom is -0.550 e. The zero-order valence-electron chi connectivity index (χ0n) is 37.8. The maximum Gasteiger partial charge on any atom is 2.00 e. The number of rotatable bonds is 24. The molecule has 3 N–H and O–H groups in total. The van der Waals surface area contributed by atoms with E-state index in [0.29, 0.717) is 0 Å². The van der Waals surface area contributed by atoms with Crippen LogP contribution in [0.3, 0.4) is 0 Å². The summed E-state index contributed by atoms with van der Waals surface area (Å²) in [5, 5.41) is 174. The summed E-state index contributed by atoms with van der Waals surface area (Å²) in [6.07, 6.45) is -11.0. The fraction of sp³-hybridized carbons (Fsp3) is 0.500. The molecular formula is C30H27Fe5Na5O33. The molecule has 0 rings (SSSR count). The normalized spacial score (nSPS) is 8.59. The Hall–Kier alpha value is -0.473. The van der Waals surface area contributed by atoms with Crippen molar-refractivity contribution in [1.29, 1.82) is 0 Å². The first-order valence-corrected chi connectivity index (χ1v) is 15.4. The van der Waals surface area contributed by atoms with Crippen molar-refractivity contribution in [3.63, 3.8) is 0 Å². The van der Waals surface area contributed by atoms with Crippen molar-refractivity contribution in [2.75, 3.05) is 0 Å². The molecule has 43 heteroatoms. The van der Waals surface area contributed by atoms with Crippen LogP contribution in [0.4, 0.5) is 0 Å². The van der Waals surface area contributed by atoms with Crippen LogP contribution in [0, 0.1) is 0 Å². The van der Waals surface area contributed by atoms with Gasteiger partial charge in [-0.3, -0.25) is 0 Å². The van der Waals surface area contributed by atoms with Gasteiger partial charge in [-0.15, -0.1) is 0 Å². The molecule has 0 aromatic rings. The van der Waals surface area contributed by atoms with Gasteiger partial charge in [-0.05, 0) is 38.5 Å². The topological polar surface area (TPSA) is 663 Å². The first kappa shape index (κ1) is 116. The number of carboxylic acids is 15. The van der Waals surface area contributed by atoms with E-state index in [-0.39, 0.29) is 233 Å². The Morgan fingerprint density at radius 3 is 0.342 bits per heavy atom. The third-order valence-electron chi connectivity index (χ3n) is 5.36. The second-order valence-corrected chi connectivity index (χ2v) is 11.0. The smallest absolute Gasteiger partial charge is 0.550 e. The first-order valence-electron chi connectivity index (χ1n) is 15.4. The number of carbonyl (C=O) groups excluding carboxylic acids is 15. The summed E-state index contributed by atoms with van der Waals surface area (Å²) in [6.45, 7) is 0. The van der Waals surface area contributed by atoms with Crippen LogP contribution in [0.5, 0.6) is 0 Å². The number of carbonyl (C=O) groups is 15. The van der Waals surface area contributed by atoms with E-state index < -0.39 is 183 Å². The van der Waals surface area contributed by atoms with Gasteiger partial charge >= 0.3 is 233 Å². The predicted molar refractivity (Wildman–Crippen MR) is 145 cm³/mol. The van der Waals surface area contributed by atoms with Gasteiger partial charge in [-0.1, -0.05) is 0 Å². The molecular weight excluding hydrogens is 1280 g/mol. The van der Waals surface area contributed by atoms with Crippen molar-refractivity contribution in [3.05, 3.63) is 0 Å². The summed E-state index contributed by atoms with van der Waals surface area (Å²) in [5.41, 5.74) is -8.92. The molecule has 390 valence electrons. The molecule has 0 amide bonds. The number of carboxylic acid groups (broad SMARTS) is 15. The van der Waals surface area contributed by atoms with Gasteiger partial charge in [0.1, 0.15) is 16.8 Å². The van der Waals surface area contributed by atoms with Crippen LogP contribution >= 0.6 is 0 Å². The van der Waals surface area contributed by atoms with Gasteiger partial charge in [0.15, 0.2) is 0 Å². The van der Waals surface area contributed by atoms with Crippen LogP contribution in [-0.4, -0.2) is 122 Å². The van der Waals surface area contributed by atoms with E-state index in [9.17, 15) is 149 Å². The van der Waals surface area contributed by atoms with E-state index in [0.717, 1.165) is 0 Å². The van der Waals surface area contributed by atoms with Gasteiger partial charge in [0.2, 0.25) is 0 Å². The van der Waals surface area contributed by atoms with Crippen molar-refractivity contribution in [1.82, 2.24) is 0 Å². The molecule has 0 aromatic carbocycles. The fourth-order valence-electron chi connectivity index (χ4n) is 2.67. The third kappa shape index (κ3) is 88.4. The molecule has 0 spiro atoms. The maximum absolute atomic E-state index is 10.1. The Labute approximate surface area is 572 Å². The predicted octanol–water partition coefficient (Wildman–Crippen LogP) is -39.0. The third-order valence-corrected chi connectivity index (χ3v) is 5.36. The van der Waals surface area contributed by atoms with Gasteiger partial charge in [0.25, 0.3) is 0 Å². The Morgan fingerprint density at radius 2 is 0.301 bits per heavy atom. The van der Waals surface area contributed by atoms with Gasteiger partial charge < -0.3 is 164 Å². The molecule has 0 saturated heterocycles. The van der Waals surface area contributed by atoms with Crippen LogP contribution in [0.1, 0.15) is 77.0 Å². The first-order chi connectivity index (χ1) is 28.2. The molecule has 33 nitrogen and oxygen atoms in total. The minimum atomic E-state index is -2.97. The molecule has 0 fully saturated rings. The Kier molecular flexibility index (Phi) is 102. The van der Waals surface area contributed by atoms with Gasteiger partial charge in [-0.25, -0.2) is 0 Å². The van der Waals surface area contributed by atoms with Gasteiger partial charge in [0.05, 0.1) is 17.9 Å².